The molecule has 1 heterocycles. The Morgan fingerprint density at radius 1 is 1.32 bits per heavy atom. The quantitative estimate of drug-likeness (QED) is 0.819. The van der Waals surface area contributed by atoms with Gasteiger partial charge in [0.25, 0.3) is 0 Å². The molecular weight excluding hydrogens is 254 g/mol. The summed E-state index contributed by atoms with van der Waals surface area (Å²) in [4.78, 5) is 1.30. The van der Waals surface area contributed by atoms with Gasteiger partial charge in [0.2, 0.25) is 0 Å². The molecule has 0 spiro atoms. The molecule has 1 aromatic heterocycles. The maximum Gasteiger partial charge on any atom is 0.0530 e. The molecule has 0 aliphatic rings. The molecule has 3 nitrogen and oxygen atoms in total. The zero-order valence-corrected chi connectivity index (χ0v) is 12.6. The number of rotatable bonds is 6. The minimum absolute atomic E-state index is 0.404. The van der Waals surface area contributed by atoms with Crippen LogP contribution < -0.4 is 5.32 Å². The summed E-state index contributed by atoms with van der Waals surface area (Å²) >= 11 is 1.85. The number of aromatic nitrogens is 2. The number of benzene rings is 1. The maximum absolute atomic E-state index is 4.29. The number of hydrogen-bond acceptors (Lipinski definition) is 3. The topological polar surface area (TPSA) is 29.9 Å². The van der Waals surface area contributed by atoms with Gasteiger partial charge in [-0.05, 0) is 38.6 Å². The van der Waals surface area contributed by atoms with Crippen molar-refractivity contribution in [2.45, 2.75) is 37.1 Å². The summed E-state index contributed by atoms with van der Waals surface area (Å²) < 4.78 is 1.97. The molecule has 2 aromatic rings. The third-order valence-electron chi connectivity index (χ3n) is 3.23. The minimum atomic E-state index is 0.404. The molecular formula is C15H21N3S. The maximum atomic E-state index is 4.29. The van der Waals surface area contributed by atoms with Gasteiger partial charge >= 0.3 is 0 Å². The highest BCUT2D eigenvalue weighted by Crippen LogP contribution is 2.24. The molecule has 0 fully saturated rings. The highest BCUT2D eigenvalue weighted by atomic mass is 32.2. The standard InChI is InChI=1S/C15H21N3S/c1-4-18-10-13(9-17-18)11-19-15-7-5-14(6-8-15)12(2)16-3/h5-10,12,16H,4,11H2,1-3H3. The number of nitrogens with zero attached hydrogens (tertiary/aromatic N) is 2. The third kappa shape index (κ3) is 3.85. The molecule has 1 N–H and O–H groups in total. The lowest BCUT2D eigenvalue weighted by Crippen LogP contribution is -2.11. The second-order valence-electron chi connectivity index (χ2n) is 4.57. The Morgan fingerprint density at radius 3 is 2.63 bits per heavy atom. The van der Waals surface area contributed by atoms with E-state index in [1.54, 1.807) is 0 Å². The molecule has 19 heavy (non-hydrogen) atoms. The number of hydrogen-bond donors (Lipinski definition) is 1. The molecule has 1 aromatic carbocycles. The van der Waals surface area contributed by atoms with Crippen LogP contribution in [0, 0.1) is 0 Å². The van der Waals surface area contributed by atoms with E-state index < -0.39 is 0 Å². The smallest absolute Gasteiger partial charge is 0.0530 e. The van der Waals surface area contributed by atoms with E-state index in [0.717, 1.165) is 12.3 Å². The fourth-order valence-corrected chi connectivity index (χ4v) is 2.65. The van der Waals surface area contributed by atoms with Crippen LogP contribution in [0.4, 0.5) is 0 Å². The molecule has 0 aliphatic carbocycles. The van der Waals surface area contributed by atoms with Crippen molar-refractivity contribution in [2.75, 3.05) is 7.05 Å². The Hall–Kier alpha value is -1.26. The van der Waals surface area contributed by atoms with Gasteiger partial charge in [0.15, 0.2) is 0 Å². The van der Waals surface area contributed by atoms with Crippen molar-refractivity contribution in [1.29, 1.82) is 0 Å². The van der Waals surface area contributed by atoms with Crippen LogP contribution >= 0.6 is 11.8 Å². The van der Waals surface area contributed by atoms with Gasteiger partial charge < -0.3 is 5.32 Å². The Labute approximate surface area is 119 Å². The first kappa shape index (κ1) is 14.2. The van der Waals surface area contributed by atoms with E-state index in [-0.39, 0.29) is 0 Å². The number of nitrogens with one attached hydrogen (secondary N) is 1. The van der Waals surface area contributed by atoms with Crippen molar-refractivity contribution in [3.63, 3.8) is 0 Å². The zero-order valence-electron chi connectivity index (χ0n) is 11.8. The van der Waals surface area contributed by atoms with Crippen LogP contribution in [0.15, 0.2) is 41.6 Å². The average molecular weight is 275 g/mol. The first-order valence-electron chi connectivity index (χ1n) is 6.64. The molecule has 102 valence electrons. The van der Waals surface area contributed by atoms with Crippen molar-refractivity contribution < 1.29 is 0 Å². The molecule has 0 aliphatic heterocycles. The monoisotopic (exact) mass is 275 g/mol. The number of thioether (sulfide) groups is 1. The van der Waals surface area contributed by atoms with Crippen molar-refractivity contribution in [3.05, 3.63) is 47.8 Å². The van der Waals surface area contributed by atoms with E-state index in [4.69, 9.17) is 0 Å². The Bertz CT molecular complexity index is 504. The zero-order chi connectivity index (χ0) is 13.7. The van der Waals surface area contributed by atoms with Gasteiger partial charge in [0.05, 0.1) is 6.20 Å². The van der Waals surface area contributed by atoms with Crippen LogP contribution in [-0.2, 0) is 12.3 Å². The van der Waals surface area contributed by atoms with Gasteiger partial charge in [-0.25, -0.2) is 0 Å². The van der Waals surface area contributed by atoms with Crippen molar-refractivity contribution in [2.24, 2.45) is 0 Å². The second-order valence-corrected chi connectivity index (χ2v) is 5.62. The van der Waals surface area contributed by atoms with E-state index in [1.165, 1.54) is 16.0 Å². The fourth-order valence-electron chi connectivity index (χ4n) is 1.84. The van der Waals surface area contributed by atoms with Crippen LogP contribution in [0.3, 0.4) is 0 Å². The SMILES string of the molecule is CCn1cc(CSc2ccc(C(C)NC)cc2)cn1. The predicted octanol–water partition coefficient (Wildman–Crippen LogP) is 3.48. The first-order valence-corrected chi connectivity index (χ1v) is 7.63. The predicted molar refractivity (Wildman–Crippen MR) is 81.4 cm³/mol. The van der Waals surface area contributed by atoms with Crippen LogP contribution in [0.25, 0.3) is 0 Å². The largest absolute Gasteiger partial charge is 0.313 e. The van der Waals surface area contributed by atoms with Crippen molar-refractivity contribution >= 4 is 11.8 Å². The lowest BCUT2D eigenvalue weighted by Gasteiger charge is -2.10. The number of aryl methyl sites for hydroxylation is 1. The second kappa shape index (κ2) is 6.78. The molecule has 4 heteroatoms. The lowest BCUT2D eigenvalue weighted by atomic mass is 10.1. The first-order chi connectivity index (χ1) is 9.22. The van der Waals surface area contributed by atoms with Gasteiger partial charge in [-0.1, -0.05) is 12.1 Å². The summed E-state index contributed by atoms with van der Waals surface area (Å²) in [5.41, 5.74) is 2.60. The Kier molecular flexibility index (Phi) is 5.05. The normalized spacial score (nSPS) is 12.6. The summed E-state index contributed by atoms with van der Waals surface area (Å²) in [7, 11) is 1.98. The van der Waals surface area contributed by atoms with Gasteiger partial charge in [0, 0.05) is 35.0 Å². The molecule has 0 radical (unpaired) electrons. The van der Waals surface area contributed by atoms with E-state index in [1.807, 2.05) is 29.7 Å². The summed E-state index contributed by atoms with van der Waals surface area (Å²) in [5.74, 6) is 0.973. The Balaban J connectivity index is 1.92. The molecule has 1 unspecified atom stereocenters. The fraction of sp³-hybridized carbons (Fsp3) is 0.400. The van der Waals surface area contributed by atoms with Gasteiger partial charge in [-0.2, -0.15) is 5.10 Å². The van der Waals surface area contributed by atoms with Crippen LogP contribution in [-0.4, -0.2) is 16.8 Å². The molecule has 0 amide bonds. The summed E-state index contributed by atoms with van der Waals surface area (Å²) in [5, 5.41) is 7.54. The van der Waals surface area contributed by atoms with Crippen LogP contribution in [0.2, 0.25) is 0 Å². The molecule has 0 bridgehead atoms. The molecule has 2 rings (SSSR count). The van der Waals surface area contributed by atoms with E-state index in [9.17, 15) is 0 Å². The van der Waals surface area contributed by atoms with Crippen molar-refractivity contribution in [3.8, 4) is 0 Å². The highest BCUT2D eigenvalue weighted by Gasteiger charge is 2.03. The van der Waals surface area contributed by atoms with Gasteiger partial charge in [-0.15, -0.1) is 11.8 Å². The van der Waals surface area contributed by atoms with Crippen LogP contribution in [0.1, 0.15) is 31.0 Å². The molecule has 0 saturated heterocycles. The molecule has 0 saturated carbocycles. The molecule has 1 atom stereocenters. The summed E-state index contributed by atoms with van der Waals surface area (Å²) in [6, 6.07) is 9.18. The van der Waals surface area contributed by atoms with Gasteiger partial charge in [0.1, 0.15) is 0 Å². The van der Waals surface area contributed by atoms with Crippen LogP contribution in [0.5, 0.6) is 0 Å². The lowest BCUT2D eigenvalue weighted by molar-refractivity contribution is 0.652. The highest BCUT2D eigenvalue weighted by molar-refractivity contribution is 7.98. The van der Waals surface area contributed by atoms with E-state index in [0.29, 0.717) is 6.04 Å². The average Bonchev–Trinajstić information content (AvgIpc) is 2.93. The third-order valence-corrected chi connectivity index (χ3v) is 4.31. The minimum Gasteiger partial charge on any atom is -0.313 e. The van der Waals surface area contributed by atoms with E-state index in [2.05, 4.69) is 54.7 Å². The van der Waals surface area contributed by atoms with Crippen molar-refractivity contribution in [1.82, 2.24) is 15.1 Å². The Morgan fingerprint density at radius 2 is 2.05 bits per heavy atom. The van der Waals surface area contributed by atoms with E-state index >= 15 is 0 Å². The summed E-state index contributed by atoms with van der Waals surface area (Å²) in [6.45, 7) is 5.20. The summed E-state index contributed by atoms with van der Waals surface area (Å²) in [6.07, 6.45) is 4.07. The van der Waals surface area contributed by atoms with Gasteiger partial charge in [-0.3, -0.25) is 4.68 Å².